The minimum Gasteiger partial charge on any atom is -0.480 e. The molecule has 0 amide bonds. The van der Waals surface area contributed by atoms with Crippen LogP contribution in [0.4, 0.5) is 0 Å². The molecule has 5 heteroatoms. The zero-order valence-electron chi connectivity index (χ0n) is 4.87. The zero-order chi connectivity index (χ0) is 7.44. The summed E-state index contributed by atoms with van der Waals surface area (Å²) in [5.41, 5.74) is 5.25. The van der Waals surface area contributed by atoms with Crippen molar-refractivity contribution in [1.29, 1.82) is 0 Å². The van der Waals surface area contributed by atoms with Gasteiger partial charge in [-0.2, -0.15) is 0 Å². The molecule has 0 heterocycles. The largest absolute Gasteiger partial charge is 0.480 e. The molecule has 54 valence electrons. The monoisotopic (exact) mass is 261 g/mol. The van der Waals surface area contributed by atoms with Gasteiger partial charge in [0.2, 0.25) is 0 Å². The predicted octanol–water partition coefficient (Wildman–Crippen LogP) is 0.870. The van der Waals surface area contributed by atoms with Crippen molar-refractivity contribution in [3.05, 3.63) is 0 Å². The molecule has 0 rings (SSSR count). The minimum atomic E-state index is -0.938. The highest BCUT2D eigenvalue weighted by Crippen LogP contribution is 2.20. The molecule has 3 nitrogen and oxygen atoms in total. The van der Waals surface area contributed by atoms with Crippen LogP contribution in [0.1, 0.15) is 6.92 Å². The van der Waals surface area contributed by atoms with Gasteiger partial charge in [-0.25, -0.2) is 0 Å². The van der Waals surface area contributed by atoms with Gasteiger partial charge in [0.25, 0.3) is 0 Å². The summed E-state index contributed by atoms with van der Waals surface area (Å²) >= 11 is 2.04. The maximum Gasteiger partial charge on any atom is 0.321 e. The van der Waals surface area contributed by atoms with Gasteiger partial charge in [0.05, 0.1) is 0 Å². The zero-order valence-corrected chi connectivity index (χ0v) is 7.85. The highest BCUT2D eigenvalue weighted by molar-refractivity contribution is 14.2. The summed E-state index contributed by atoms with van der Waals surface area (Å²) in [7, 11) is 1.43. The Balaban J connectivity index is 3.72. The third kappa shape index (κ3) is 3.27. The molecule has 0 saturated carbocycles. The average Bonchev–Trinajstić information content (AvgIpc) is 1.84. The second-order valence-electron chi connectivity index (χ2n) is 1.66. The fourth-order valence-corrected chi connectivity index (χ4v) is 1.43. The number of hydrogen-bond donors (Lipinski definition) is 2. The third-order valence-corrected chi connectivity index (χ3v) is 3.91. The lowest BCUT2D eigenvalue weighted by molar-refractivity contribution is -0.138. The van der Waals surface area contributed by atoms with E-state index in [2.05, 4.69) is 0 Å². The highest BCUT2D eigenvalue weighted by atomic mass is 127. The number of hydrogen-bond acceptors (Lipinski definition) is 3. The summed E-state index contributed by atoms with van der Waals surface area (Å²) in [4.78, 5) is 10.2. The second-order valence-corrected chi connectivity index (χ2v) is 4.11. The van der Waals surface area contributed by atoms with Crippen LogP contribution in [0.2, 0.25) is 0 Å². The van der Waals surface area contributed by atoms with E-state index >= 15 is 0 Å². The summed E-state index contributed by atoms with van der Waals surface area (Å²) in [5.74, 6) is -0.938. The first kappa shape index (κ1) is 9.51. The Morgan fingerprint density at radius 1 is 1.89 bits per heavy atom. The Morgan fingerprint density at radius 3 is 2.44 bits per heavy atom. The maximum atomic E-state index is 10.2. The van der Waals surface area contributed by atoms with Crippen molar-refractivity contribution < 1.29 is 9.90 Å². The molecule has 0 aromatic rings. The lowest BCUT2D eigenvalue weighted by Crippen LogP contribution is -2.37. The lowest BCUT2D eigenvalue weighted by Gasteiger charge is -2.10. The van der Waals surface area contributed by atoms with Gasteiger partial charge in [-0.1, -0.05) is 15.9 Å². The summed E-state index contributed by atoms with van der Waals surface area (Å²) in [6.45, 7) is 1.79. The Bertz CT molecular complexity index is 111. The van der Waals surface area contributed by atoms with Crippen LogP contribution in [0.15, 0.2) is 0 Å². The molecule has 0 aliphatic heterocycles. The summed E-state index contributed by atoms with van der Waals surface area (Å²) in [6.07, 6.45) is 0. The molecule has 2 atom stereocenters. The Hall–Kier alpha value is 0.510. The molecule has 0 radical (unpaired) electrons. The molecule has 0 aromatic carbocycles. The predicted molar refractivity (Wildman–Crippen MR) is 46.7 cm³/mol. The molecule has 3 N–H and O–H groups in total. The summed E-state index contributed by atoms with van der Waals surface area (Å²) in [5, 5.41) is 8.32. The molecule has 0 fully saturated rings. The third-order valence-electron chi connectivity index (χ3n) is 0.931. The summed E-state index contributed by atoms with van der Waals surface area (Å²) in [6, 6.07) is -0.744. The topological polar surface area (TPSA) is 63.3 Å². The molecular formula is C4H8INO2S. The van der Waals surface area contributed by atoms with E-state index in [-0.39, 0.29) is 5.25 Å². The van der Waals surface area contributed by atoms with Gasteiger partial charge in [0, 0.05) is 5.25 Å². The van der Waals surface area contributed by atoms with Gasteiger partial charge < -0.3 is 10.8 Å². The van der Waals surface area contributed by atoms with E-state index < -0.39 is 12.0 Å². The van der Waals surface area contributed by atoms with Gasteiger partial charge in [-0.3, -0.25) is 4.79 Å². The van der Waals surface area contributed by atoms with Crippen molar-refractivity contribution in [2.45, 2.75) is 18.2 Å². The van der Waals surface area contributed by atoms with Crippen molar-refractivity contribution in [2.24, 2.45) is 5.73 Å². The first-order chi connectivity index (χ1) is 4.09. The van der Waals surface area contributed by atoms with Crippen molar-refractivity contribution in [3.63, 3.8) is 0 Å². The molecule has 1 unspecified atom stereocenters. The van der Waals surface area contributed by atoms with E-state index in [4.69, 9.17) is 10.8 Å². The van der Waals surface area contributed by atoms with Gasteiger partial charge in [0.1, 0.15) is 6.04 Å². The molecule has 0 spiro atoms. The van der Waals surface area contributed by atoms with Gasteiger partial charge in [0.15, 0.2) is 0 Å². The first-order valence-corrected chi connectivity index (χ1v) is 5.77. The second kappa shape index (κ2) is 4.35. The van der Waals surface area contributed by atoms with Crippen LogP contribution < -0.4 is 5.73 Å². The lowest BCUT2D eigenvalue weighted by atomic mass is 10.2. The number of rotatable bonds is 3. The first-order valence-electron chi connectivity index (χ1n) is 2.35. The Morgan fingerprint density at radius 2 is 2.33 bits per heavy atom. The van der Waals surface area contributed by atoms with Crippen LogP contribution in [-0.4, -0.2) is 22.4 Å². The average molecular weight is 261 g/mol. The maximum absolute atomic E-state index is 10.2. The molecular weight excluding hydrogens is 253 g/mol. The normalized spacial score (nSPS) is 16.8. The van der Waals surface area contributed by atoms with E-state index in [1.165, 1.54) is 8.93 Å². The van der Waals surface area contributed by atoms with Gasteiger partial charge >= 0.3 is 5.97 Å². The van der Waals surface area contributed by atoms with Crippen LogP contribution in [0.3, 0.4) is 0 Å². The molecule has 0 aliphatic carbocycles. The Kier molecular flexibility index (Phi) is 4.59. The quantitative estimate of drug-likeness (QED) is 0.740. The number of aliphatic carboxylic acids is 1. The van der Waals surface area contributed by atoms with Crippen LogP contribution >= 0.6 is 30.1 Å². The number of carboxylic acids is 1. The van der Waals surface area contributed by atoms with Crippen LogP contribution in [0.25, 0.3) is 0 Å². The van der Waals surface area contributed by atoms with E-state index in [9.17, 15) is 4.79 Å². The standard InChI is InChI=1S/C4H8INO2S/c1-2(9-5)3(6)4(7)8/h2-3H,6H2,1H3,(H,7,8)/t2?,3-/m0/s1. The SMILES string of the molecule is CC(SI)[C@H](N)C(=O)O. The molecule has 0 aliphatic rings. The van der Waals surface area contributed by atoms with E-state index in [0.717, 1.165) is 0 Å². The number of carboxylic acid groups (broad SMARTS) is 1. The fraction of sp³-hybridized carbons (Fsp3) is 0.750. The van der Waals surface area contributed by atoms with Crippen molar-refractivity contribution >= 4 is 36.1 Å². The van der Waals surface area contributed by atoms with Crippen LogP contribution in [-0.2, 0) is 4.79 Å². The van der Waals surface area contributed by atoms with Gasteiger partial charge in [-0.05, 0) is 21.2 Å². The van der Waals surface area contributed by atoms with E-state index in [1.54, 1.807) is 6.92 Å². The number of halogens is 1. The molecule has 0 bridgehead atoms. The van der Waals surface area contributed by atoms with Crippen molar-refractivity contribution in [3.8, 4) is 0 Å². The number of carbonyl (C=O) groups is 1. The van der Waals surface area contributed by atoms with Crippen LogP contribution in [0, 0.1) is 0 Å². The van der Waals surface area contributed by atoms with Crippen LogP contribution in [0.5, 0.6) is 0 Å². The van der Waals surface area contributed by atoms with Gasteiger partial charge in [-0.15, -0.1) is 0 Å². The Labute approximate surface area is 70.0 Å². The fourth-order valence-electron chi connectivity index (χ4n) is 0.256. The summed E-state index contributed by atoms with van der Waals surface area (Å²) < 4.78 is 0. The molecule has 0 saturated heterocycles. The van der Waals surface area contributed by atoms with E-state index in [1.807, 2.05) is 21.2 Å². The molecule has 9 heavy (non-hydrogen) atoms. The highest BCUT2D eigenvalue weighted by Gasteiger charge is 2.18. The molecule has 0 aromatic heterocycles. The minimum absolute atomic E-state index is 0.0249. The number of nitrogens with two attached hydrogens (primary N) is 1. The van der Waals surface area contributed by atoms with E-state index in [0.29, 0.717) is 0 Å². The van der Waals surface area contributed by atoms with Crippen molar-refractivity contribution in [1.82, 2.24) is 0 Å². The smallest absolute Gasteiger partial charge is 0.321 e. The van der Waals surface area contributed by atoms with Crippen molar-refractivity contribution in [2.75, 3.05) is 0 Å².